The van der Waals surface area contributed by atoms with Crippen molar-refractivity contribution < 1.29 is 9.53 Å². The quantitative estimate of drug-likeness (QED) is 0.431. The Balaban J connectivity index is 1.39. The summed E-state index contributed by atoms with van der Waals surface area (Å²) in [7, 11) is 1.69. The molecule has 36 heavy (non-hydrogen) atoms. The summed E-state index contributed by atoms with van der Waals surface area (Å²) in [5.74, 6) is 1.89. The van der Waals surface area contributed by atoms with Crippen molar-refractivity contribution in [2.24, 2.45) is 0 Å². The van der Waals surface area contributed by atoms with Gasteiger partial charge in [0.25, 0.3) is 5.91 Å². The van der Waals surface area contributed by atoms with Crippen LogP contribution in [-0.4, -0.2) is 54.1 Å². The first-order chi connectivity index (χ1) is 17.7. The molecule has 0 spiro atoms. The van der Waals surface area contributed by atoms with Crippen molar-refractivity contribution in [3.63, 3.8) is 0 Å². The van der Waals surface area contributed by atoms with E-state index in [1.54, 1.807) is 25.7 Å². The summed E-state index contributed by atoms with van der Waals surface area (Å²) in [6, 6.07) is 21.6. The van der Waals surface area contributed by atoms with Crippen LogP contribution >= 0.6 is 0 Å². The van der Waals surface area contributed by atoms with E-state index in [-0.39, 0.29) is 5.91 Å². The molecule has 1 N–H and O–H groups in total. The first kappa shape index (κ1) is 23.3. The van der Waals surface area contributed by atoms with Crippen molar-refractivity contribution in [1.82, 2.24) is 20.3 Å². The topological polar surface area (TPSA) is 83.5 Å². The summed E-state index contributed by atoms with van der Waals surface area (Å²) in [5, 5.41) is 2.99. The molecule has 2 aromatic carbocycles. The Morgan fingerprint density at radius 2 is 1.67 bits per heavy atom. The molecule has 1 aliphatic heterocycles. The van der Waals surface area contributed by atoms with Crippen molar-refractivity contribution in [2.75, 3.05) is 43.1 Å². The minimum Gasteiger partial charge on any atom is -0.495 e. The smallest absolute Gasteiger partial charge is 0.256 e. The van der Waals surface area contributed by atoms with Gasteiger partial charge in [0.15, 0.2) is 5.82 Å². The van der Waals surface area contributed by atoms with E-state index < -0.39 is 0 Å². The van der Waals surface area contributed by atoms with E-state index in [4.69, 9.17) is 9.72 Å². The summed E-state index contributed by atoms with van der Waals surface area (Å²) in [5.41, 5.74) is 3.37. The van der Waals surface area contributed by atoms with E-state index in [0.717, 1.165) is 35.7 Å². The van der Waals surface area contributed by atoms with Gasteiger partial charge in [0, 0.05) is 56.9 Å². The molecule has 1 amide bonds. The molecule has 1 aliphatic rings. The highest BCUT2D eigenvalue weighted by molar-refractivity contribution is 5.99. The molecule has 3 heterocycles. The maximum Gasteiger partial charge on any atom is 0.256 e. The van der Waals surface area contributed by atoms with E-state index in [0.29, 0.717) is 36.8 Å². The average Bonchev–Trinajstić information content (AvgIpc) is 2.96. The second-order valence-electron chi connectivity index (χ2n) is 8.49. The number of amides is 1. The summed E-state index contributed by atoms with van der Waals surface area (Å²) >= 11 is 0. The van der Waals surface area contributed by atoms with Gasteiger partial charge in [-0.3, -0.25) is 9.78 Å². The zero-order valence-corrected chi connectivity index (χ0v) is 20.2. The monoisotopic (exact) mass is 480 g/mol. The third-order valence-electron chi connectivity index (χ3n) is 6.23. The number of anilines is 2. The van der Waals surface area contributed by atoms with Gasteiger partial charge in [-0.05, 0) is 23.8 Å². The minimum absolute atomic E-state index is 0.208. The van der Waals surface area contributed by atoms with Crippen LogP contribution < -0.4 is 19.9 Å². The van der Waals surface area contributed by atoms with Crippen LogP contribution in [-0.2, 0) is 6.54 Å². The Morgan fingerprint density at radius 3 is 2.42 bits per heavy atom. The highest BCUT2D eigenvalue weighted by Gasteiger charge is 2.25. The van der Waals surface area contributed by atoms with E-state index in [1.807, 2.05) is 60.7 Å². The lowest BCUT2D eigenvalue weighted by molar-refractivity contribution is 0.0950. The van der Waals surface area contributed by atoms with Crippen LogP contribution in [0, 0.1) is 0 Å². The number of benzene rings is 2. The van der Waals surface area contributed by atoms with Gasteiger partial charge in [-0.1, -0.05) is 48.5 Å². The van der Waals surface area contributed by atoms with Crippen LogP contribution in [0.5, 0.6) is 5.75 Å². The molecule has 0 radical (unpaired) electrons. The zero-order chi connectivity index (χ0) is 24.7. The van der Waals surface area contributed by atoms with Crippen LogP contribution in [0.4, 0.5) is 11.5 Å². The van der Waals surface area contributed by atoms with Gasteiger partial charge < -0.3 is 19.9 Å². The highest BCUT2D eigenvalue weighted by Crippen LogP contribution is 2.30. The molecule has 0 unspecified atom stereocenters. The van der Waals surface area contributed by atoms with E-state index in [2.05, 4.69) is 31.2 Å². The first-order valence-electron chi connectivity index (χ1n) is 12.0. The maximum absolute atomic E-state index is 13.2. The van der Waals surface area contributed by atoms with Gasteiger partial charge in [-0.2, -0.15) is 0 Å². The summed E-state index contributed by atoms with van der Waals surface area (Å²) in [6.07, 6.45) is 5.09. The lowest BCUT2D eigenvalue weighted by Crippen LogP contribution is -2.47. The second-order valence-corrected chi connectivity index (χ2v) is 8.49. The van der Waals surface area contributed by atoms with Gasteiger partial charge in [0.1, 0.15) is 17.1 Å². The molecule has 2 aromatic heterocycles. The van der Waals surface area contributed by atoms with Crippen molar-refractivity contribution in [2.45, 2.75) is 6.54 Å². The second kappa shape index (κ2) is 10.9. The SMILES string of the molecule is COc1ccccc1N1CCN(c2nc(-c3ccccc3)ncc2C(=O)NCc2cccnc2)CC1. The number of ether oxygens (including phenoxy) is 1. The van der Waals surface area contributed by atoms with Gasteiger partial charge in [-0.25, -0.2) is 9.97 Å². The number of pyridine rings is 1. The Labute approximate surface area is 210 Å². The van der Waals surface area contributed by atoms with Gasteiger partial charge in [0.2, 0.25) is 0 Å². The molecular formula is C28H28N6O2. The predicted octanol–water partition coefficient (Wildman–Crippen LogP) is 3.80. The maximum atomic E-state index is 13.2. The fourth-order valence-corrected chi connectivity index (χ4v) is 4.33. The summed E-state index contributed by atoms with van der Waals surface area (Å²) in [6.45, 7) is 3.37. The van der Waals surface area contributed by atoms with Crippen molar-refractivity contribution in [1.29, 1.82) is 0 Å². The number of rotatable bonds is 7. The molecule has 0 saturated carbocycles. The van der Waals surface area contributed by atoms with Gasteiger partial charge >= 0.3 is 0 Å². The number of aromatic nitrogens is 3. The molecule has 1 fully saturated rings. The Kier molecular flexibility index (Phi) is 7.02. The van der Waals surface area contributed by atoms with E-state index in [9.17, 15) is 4.79 Å². The lowest BCUT2D eigenvalue weighted by atomic mass is 10.1. The van der Waals surface area contributed by atoms with Crippen molar-refractivity contribution in [3.8, 4) is 17.1 Å². The van der Waals surface area contributed by atoms with Crippen molar-refractivity contribution in [3.05, 3.63) is 96.4 Å². The molecule has 8 heteroatoms. The molecule has 8 nitrogen and oxygen atoms in total. The predicted molar refractivity (Wildman–Crippen MR) is 140 cm³/mol. The largest absolute Gasteiger partial charge is 0.495 e. The fraction of sp³-hybridized carbons (Fsp3) is 0.214. The normalized spacial score (nSPS) is 13.4. The minimum atomic E-state index is -0.208. The number of hydrogen-bond donors (Lipinski definition) is 1. The number of nitrogens with zero attached hydrogens (tertiary/aromatic N) is 5. The number of nitrogens with one attached hydrogen (secondary N) is 1. The van der Waals surface area contributed by atoms with Crippen LogP contribution in [0.25, 0.3) is 11.4 Å². The number of methoxy groups -OCH3 is 1. The van der Waals surface area contributed by atoms with Gasteiger partial charge in [0.05, 0.1) is 12.8 Å². The molecule has 182 valence electrons. The number of para-hydroxylation sites is 2. The van der Waals surface area contributed by atoms with Crippen LogP contribution in [0.15, 0.2) is 85.3 Å². The molecule has 0 bridgehead atoms. The molecule has 0 aliphatic carbocycles. The highest BCUT2D eigenvalue weighted by atomic mass is 16.5. The first-order valence-corrected chi connectivity index (χ1v) is 12.0. The van der Waals surface area contributed by atoms with Crippen molar-refractivity contribution >= 4 is 17.4 Å². The van der Waals surface area contributed by atoms with E-state index >= 15 is 0 Å². The Morgan fingerprint density at radius 1 is 0.917 bits per heavy atom. The summed E-state index contributed by atoms with van der Waals surface area (Å²) < 4.78 is 5.56. The third-order valence-corrected chi connectivity index (χ3v) is 6.23. The average molecular weight is 481 g/mol. The molecule has 1 saturated heterocycles. The fourth-order valence-electron chi connectivity index (χ4n) is 4.33. The number of carbonyl (C=O) groups excluding carboxylic acids is 1. The van der Waals surface area contributed by atoms with Gasteiger partial charge in [-0.15, -0.1) is 0 Å². The zero-order valence-electron chi connectivity index (χ0n) is 20.2. The standard InChI is InChI=1S/C28H28N6O2/c1-36-25-12-6-5-11-24(25)33-14-16-34(17-15-33)27-23(28(35)31-19-21-8-7-13-29-18-21)20-30-26(32-27)22-9-3-2-4-10-22/h2-13,18,20H,14-17,19H2,1H3,(H,31,35). The molecular weight excluding hydrogens is 452 g/mol. The van der Waals surface area contributed by atoms with E-state index in [1.165, 1.54) is 0 Å². The molecule has 0 atom stereocenters. The Bertz CT molecular complexity index is 1310. The number of hydrogen-bond acceptors (Lipinski definition) is 7. The van der Waals surface area contributed by atoms with Crippen LogP contribution in [0.2, 0.25) is 0 Å². The summed E-state index contributed by atoms with van der Waals surface area (Å²) in [4.78, 5) is 31.2. The molecule has 4 aromatic rings. The van der Waals surface area contributed by atoms with Crippen LogP contribution in [0.1, 0.15) is 15.9 Å². The lowest BCUT2D eigenvalue weighted by Gasteiger charge is -2.37. The van der Waals surface area contributed by atoms with Crippen LogP contribution in [0.3, 0.4) is 0 Å². The number of piperazine rings is 1. The third kappa shape index (κ3) is 5.12. The molecule has 5 rings (SSSR count). The number of carbonyl (C=O) groups is 1. The Hall–Kier alpha value is -4.46.